The number of nitrogens with zero attached hydrogens (tertiary/aromatic N) is 2. The predicted octanol–water partition coefficient (Wildman–Crippen LogP) is 1.80. The molecule has 1 aromatic carbocycles. The van der Waals surface area contributed by atoms with E-state index in [2.05, 4.69) is 20.5 Å². The van der Waals surface area contributed by atoms with E-state index in [1.165, 1.54) is 6.20 Å². The molecule has 0 saturated heterocycles. The second-order valence-electron chi connectivity index (χ2n) is 4.06. The molecule has 1 amide bonds. The summed E-state index contributed by atoms with van der Waals surface area (Å²) in [6.07, 6.45) is 3.14. The van der Waals surface area contributed by atoms with Crippen molar-refractivity contribution in [3.05, 3.63) is 48.3 Å². The molecule has 19 heavy (non-hydrogen) atoms. The average molecular weight is 253 g/mol. The van der Waals surface area contributed by atoms with Gasteiger partial charge in [0.25, 0.3) is 5.91 Å². The smallest absolute Gasteiger partial charge is 0.254 e. The minimum Gasteiger partial charge on any atom is -0.365 e. The van der Waals surface area contributed by atoms with Crippen molar-refractivity contribution in [3.8, 4) is 0 Å². The molecular formula is C13H11N5O. The number of fused-ring (bicyclic) bond motifs is 1. The second-order valence-corrected chi connectivity index (χ2v) is 4.06. The number of hydrogen-bond acceptors (Lipinski definition) is 4. The van der Waals surface area contributed by atoms with Gasteiger partial charge in [-0.15, -0.1) is 0 Å². The first kappa shape index (κ1) is 11.2. The van der Waals surface area contributed by atoms with Gasteiger partial charge >= 0.3 is 0 Å². The summed E-state index contributed by atoms with van der Waals surface area (Å²) in [5, 5.41) is 11.6. The summed E-state index contributed by atoms with van der Waals surface area (Å²) in [7, 11) is 0. The van der Waals surface area contributed by atoms with Crippen LogP contribution in [0.3, 0.4) is 0 Å². The lowest BCUT2D eigenvalue weighted by Gasteiger charge is -2.05. The van der Waals surface area contributed by atoms with Crippen molar-refractivity contribution in [1.82, 2.24) is 15.2 Å². The number of benzene rings is 1. The van der Waals surface area contributed by atoms with Crippen LogP contribution in [0.5, 0.6) is 0 Å². The van der Waals surface area contributed by atoms with E-state index in [4.69, 9.17) is 5.73 Å². The van der Waals surface area contributed by atoms with Gasteiger partial charge in [0.2, 0.25) is 0 Å². The Labute approximate surface area is 108 Å². The van der Waals surface area contributed by atoms with Gasteiger partial charge in [-0.3, -0.25) is 9.89 Å². The number of rotatable bonds is 3. The van der Waals surface area contributed by atoms with Crippen LogP contribution in [0, 0.1) is 0 Å². The van der Waals surface area contributed by atoms with Crippen molar-refractivity contribution in [1.29, 1.82) is 0 Å². The minimum absolute atomic E-state index is 0.301. The number of H-pyrrole nitrogens is 1. The zero-order chi connectivity index (χ0) is 13.2. The summed E-state index contributed by atoms with van der Waals surface area (Å²) in [5.41, 5.74) is 5.54. The summed E-state index contributed by atoms with van der Waals surface area (Å²) in [6, 6.07) is 9.77. The summed E-state index contributed by atoms with van der Waals surface area (Å²) in [4.78, 5) is 15.5. The van der Waals surface area contributed by atoms with Gasteiger partial charge in [-0.25, -0.2) is 4.98 Å². The number of pyridine rings is 1. The maximum Gasteiger partial charge on any atom is 0.254 e. The van der Waals surface area contributed by atoms with Gasteiger partial charge in [0, 0.05) is 11.6 Å². The molecule has 2 aromatic heterocycles. The van der Waals surface area contributed by atoms with Gasteiger partial charge in [0.05, 0.1) is 6.20 Å². The highest BCUT2D eigenvalue weighted by Crippen LogP contribution is 2.20. The van der Waals surface area contributed by atoms with Gasteiger partial charge in [0.15, 0.2) is 0 Å². The Bertz CT molecular complexity index is 749. The third kappa shape index (κ3) is 2.11. The van der Waals surface area contributed by atoms with Crippen LogP contribution in [-0.2, 0) is 0 Å². The van der Waals surface area contributed by atoms with Crippen LogP contribution >= 0.6 is 0 Å². The molecule has 0 aliphatic heterocycles. The number of nitrogens with one attached hydrogen (secondary N) is 2. The van der Waals surface area contributed by atoms with Crippen molar-refractivity contribution in [3.63, 3.8) is 0 Å². The summed E-state index contributed by atoms with van der Waals surface area (Å²) in [5.74, 6) is 0.512. The maximum absolute atomic E-state index is 11.2. The molecule has 4 N–H and O–H groups in total. The van der Waals surface area contributed by atoms with E-state index in [-0.39, 0.29) is 0 Å². The highest BCUT2D eigenvalue weighted by molar-refractivity contribution is 5.98. The molecule has 0 fully saturated rings. The zero-order valence-corrected chi connectivity index (χ0v) is 9.92. The van der Waals surface area contributed by atoms with E-state index in [1.807, 2.05) is 30.3 Å². The maximum atomic E-state index is 11.2. The van der Waals surface area contributed by atoms with E-state index in [0.717, 1.165) is 10.8 Å². The molecule has 0 aliphatic carbocycles. The number of nitrogens with two attached hydrogens (primary N) is 1. The van der Waals surface area contributed by atoms with Crippen molar-refractivity contribution in [2.45, 2.75) is 0 Å². The van der Waals surface area contributed by atoms with E-state index < -0.39 is 5.91 Å². The van der Waals surface area contributed by atoms with E-state index in [1.54, 1.807) is 6.20 Å². The summed E-state index contributed by atoms with van der Waals surface area (Å²) < 4.78 is 0. The van der Waals surface area contributed by atoms with Crippen molar-refractivity contribution >= 4 is 28.3 Å². The van der Waals surface area contributed by atoms with Crippen LogP contribution in [0.1, 0.15) is 10.4 Å². The van der Waals surface area contributed by atoms with Crippen molar-refractivity contribution in [2.75, 3.05) is 5.32 Å². The molecule has 6 heteroatoms. The quantitative estimate of drug-likeness (QED) is 0.663. The number of anilines is 2. The van der Waals surface area contributed by atoms with Gasteiger partial charge in [-0.2, -0.15) is 5.10 Å². The van der Waals surface area contributed by atoms with Crippen molar-refractivity contribution < 1.29 is 4.79 Å². The molecule has 6 nitrogen and oxygen atoms in total. The van der Waals surface area contributed by atoms with E-state index >= 15 is 0 Å². The fourth-order valence-electron chi connectivity index (χ4n) is 1.85. The monoisotopic (exact) mass is 253 g/mol. The Hall–Kier alpha value is -2.89. The van der Waals surface area contributed by atoms with Gasteiger partial charge in [-0.05, 0) is 11.5 Å². The average Bonchev–Trinajstić information content (AvgIpc) is 2.87. The largest absolute Gasteiger partial charge is 0.365 e. The van der Waals surface area contributed by atoms with Crippen LogP contribution in [0.15, 0.2) is 42.7 Å². The molecule has 0 saturated carbocycles. The molecule has 0 bridgehead atoms. The first-order valence-electron chi connectivity index (χ1n) is 5.69. The number of hydrogen-bond donors (Lipinski definition) is 3. The Morgan fingerprint density at radius 1 is 1.21 bits per heavy atom. The Morgan fingerprint density at radius 3 is 2.79 bits per heavy atom. The fourth-order valence-corrected chi connectivity index (χ4v) is 1.85. The van der Waals surface area contributed by atoms with Crippen LogP contribution in [0.2, 0.25) is 0 Å². The minimum atomic E-state index is -0.544. The Morgan fingerprint density at radius 2 is 2.00 bits per heavy atom. The molecule has 3 aromatic rings. The molecule has 0 spiro atoms. The number of amides is 1. The second kappa shape index (κ2) is 4.41. The SMILES string of the molecule is NC(=O)c1cn[nH]c1Nc1cc2ccccc2cn1. The van der Waals surface area contributed by atoms with Gasteiger partial charge in [0.1, 0.15) is 17.2 Å². The highest BCUT2D eigenvalue weighted by Gasteiger charge is 2.10. The highest BCUT2D eigenvalue weighted by atomic mass is 16.1. The van der Waals surface area contributed by atoms with Crippen molar-refractivity contribution in [2.24, 2.45) is 5.73 Å². The van der Waals surface area contributed by atoms with Crippen LogP contribution < -0.4 is 11.1 Å². The summed E-state index contributed by atoms with van der Waals surface area (Å²) in [6.45, 7) is 0. The molecule has 0 aliphatic rings. The van der Waals surface area contributed by atoms with E-state index in [9.17, 15) is 4.79 Å². The molecule has 0 unspecified atom stereocenters. The lowest BCUT2D eigenvalue weighted by Crippen LogP contribution is -2.12. The molecule has 0 atom stereocenters. The zero-order valence-electron chi connectivity index (χ0n) is 9.92. The lowest BCUT2D eigenvalue weighted by atomic mass is 10.2. The topological polar surface area (TPSA) is 96.7 Å². The number of carbonyl (C=O) groups is 1. The fraction of sp³-hybridized carbons (Fsp3) is 0. The van der Waals surface area contributed by atoms with Crippen LogP contribution in [0.25, 0.3) is 10.8 Å². The molecular weight excluding hydrogens is 242 g/mol. The van der Waals surface area contributed by atoms with Crippen LogP contribution in [0.4, 0.5) is 11.6 Å². The molecule has 94 valence electrons. The lowest BCUT2D eigenvalue weighted by molar-refractivity contribution is 0.100. The van der Waals surface area contributed by atoms with Gasteiger partial charge in [-0.1, -0.05) is 24.3 Å². The van der Waals surface area contributed by atoms with Gasteiger partial charge < -0.3 is 11.1 Å². The Balaban J connectivity index is 1.97. The first-order chi connectivity index (χ1) is 9.24. The number of primary amides is 1. The molecule has 2 heterocycles. The Kier molecular flexibility index (Phi) is 2.60. The third-order valence-electron chi connectivity index (χ3n) is 2.79. The number of carbonyl (C=O) groups excluding carboxylic acids is 1. The number of aromatic amines is 1. The molecule has 3 rings (SSSR count). The standard InChI is InChI=1S/C13H11N5O/c14-12(19)10-7-16-18-13(10)17-11-5-8-3-1-2-4-9(8)6-15-11/h1-7H,(H2,14,19)(H2,15,16,17,18). The molecule has 0 radical (unpaired) electrons. The van der Waals surface area contributed by atoms with Crippen LogP contribution in [-0.4, -0.2) is 21.1 Å². The number of aromatic nitrogens is 3. The predicted molar refractivity (Wildman–Crippen MR) is 72.1 cm³/mol. The summed E-state index contributed by atoms with van der Waals surface area (Å²) >= 11 is 0. The normalized spacial score (nSPS) is 10.5. The van der Waals surface area contributed by atoms with E-state index in [0.29, 0.717) is 17.2 Å². The third-order valence-corrected chi connectivity index (χ3v) is 2.79. The first-order valence-corrected chi connectivity index (χ1v) is 5.69.